The van der Waals surface area contributed by atoms with Crippen molar-refractivity contribution in [3.8, 4) is 0 Å². The van der Waals surface area contributed by atoms with Gasteiger partial charge in [0.15, 0.2) is 0 Å². The quantitative estimate of drug-likeness (QED) is 0.699. The first-order chi connectivity index (χ1) is 8.08. The SMILES string of the molecule is COCC(CO)C(C)Cn1ccc(=O)[nH]c1=O. The Balaban J connectivity index is 2.76. The van der Waals surface area contributed by atoms with Crippen molar-refractivity contribution in [3.63, 3.8) is 0 Å². The number of aromatic nitrogens is 2. The Labute approximate surface area is 98.9 Å². The van der Waals surface area contributed by atoms with Crippen molar-refractivity contribution in [3.05, 3.63) is 33.1 Å². The number of ether oxygens (including phenoxy) is 1. The molecular formula is C11H18N2O4. The lowest BCUT2D eigenvalue weighted by Gasteiger charge is -2.21. The van der Waals surface area contributed by atoms with Crippen molar-refractivity contribution in [1.29, 1.82) is 0 Å². The van der Waals surface area contributed by atoms with Crippen LogP contribution < -0.4 is 11.2 Å². The molecule has 2 N–H and O–H groups in total. The zero-order chi connectivity index (χ0) is 12.8. The summed E-state index contributed by atoms with van der Waals surface area (Å²) in [7, 11) is 1.57. The molecule has 0 amide bonds. The Morgan fingerprint density at radius 1 is 1.53 bits per heavy atom. The number of aliphatic hydroxyl groups excluding tert-OH is 1. The molecule has 0 bridgehead atoms. The third-order valence-corrected chi connectivity index (χ3v) is 2.80. The van der Waals surface area contributed by atoms with Crippen molar-refractivity contribution in [1.82, 2.24) is 9.55 Å². The van der Waals surface area contributed by atoms with Crippen LogP contribution in [0.5, 0.6) is 0 Å². The number of hydrogen-bond donors (Lipinski definition) is 2. The molecule has 6 nitrogen and oxygen atoms in total. The molecule has 0 spiro atoms. The van der Waals surface area contributed by atoms with Gasteiger partial charge in [0.1, 0.15) is 0 Å². The monoisotopic (exact) mass is 242 g/mol. The van der Waals surface area contributed by atoms with Crippen LogP contribution in [0.2, 0.25) is 0 Å². The summed E-state index contributed by atoms with van der Waals surface area (Å²) in [5.41, 5.74) is -0.840. The predicted molar refractivity (Wildman–Crippen MR) is 62.9 cm³/mol. The molecule has 0 saturated carbocycles. The minimum absolute atomic E-state index is 0.00705. The summed E-state index contributed by atoms with van der Waals surface area (Å²) in [5, 5.41) is 9.19. The second-order valence-corrected chi connectivity index (χ2v) is 4.14. The van der Waals surface area contributed by atoms with E-state index in [0.717, 1.165) is 0 Å². The van der Waals surface area contributed by atoms with Crippen molar-refractivity contribution in [2.24, 2.45) is 11.8 Å². The predicted octanol–water partition coefficient (Wildman–Crippen LogP) is -0.572. The van der Waals surface area contributed by atoms with Crippen LogP contribution in [0.4, 0.5) is 0 Å². The van der Waals surface area contributed by atoms with Crippen LogP contribution in [0.25, 0.3) is 0 Å². The number of hydrogen-bond acceptors (Lipinski definition) is 4. The molecule has 0 aliphatic rings. The van der Waals surface area contributed by atoms with E-state index in [4.69, 9.17) is 4.74 Å². The topological polar surface area (TPSA) is 84.3 Å². The van der Waals surface area contributed by atoms with E-state index >= 15 is 0 Å². The average Bonchev–Trinajstić information content (AvgIpc) is 2.29. The molecule has 17 heavy (non-hydrogen) atoms. The van der Waals surface area contributed by atoms with Gasteiger partial charge in [-0.15, -0.1) is 0 Å². The number of nitrogens with one attached hydrogen (secondary N) is 1. The average molecular weight is 242 g/mol. The molecule has 0 aromatic carbocycles. The summed E-state index contributed by atoms with van der Waals surface area (Å²) in [6.45, 7) is 2.81. The standard InChI is InChI=1S/C11H18N2O4/c1-8(9(6-14)7-17-2)5-13-4-3-10(15)12-11(13)16/h3-4,8-9,14H,5-7H2,1-2H3,(H,12,15,16). The van der Waals surface area contributed by atoms with Gasteiger partial charge in [-0.25, -0.2) is 4.79 Å². The highest BCUT2D eigenvalue weighted by atomic mass is 16.5. The van der Waals surface area contributed by atoms with Gasteiger partial charge in [-0.05, 0) is 5.92 Å². The van der Waals surface area contributed by atoms with Crippen LogP contribution in [-0.2, 0) is 11.3 Å². The first kappa shape index (κ1) is 13.7. The van der Waals surface area contributed by atoms with Crippen molar-refractivity contribution < 1.29 is 9.84 Å². The maximum Gasteiger partial charge on any atom is 0.328 e. The van der Waals surface area contributed by atoms with Gasteiger partial charge in [0.25, 0.3) is 5.56 Å². The number of rotatable bonds is 6. The van der Waals surface area contributed by atoms with Gasteiger partial charge < -0.3 is 14.4 Å². The Morgan fingerprint density at radius 3 is 2.76 bits per heavy atom. The number of H-pyrrole nitrogens is 1. The molecule has 0 aliphatic heterocycles. The summed E-state index contributed by atoms with van der Waals surface area (Å²) in [4.78, 5) is 24.5. The highest BCUT2D eigenvalue weighted by Crippen LogP contribution is 2.12. The molecule has 96 valence electrons. The molecule has 1 aromatic heterocycles. The first-order valence-electron chi connectivity index (χ1n) is 5.48. The summed E-state index contributed by atoms with van der Waals surface area (Å²) >= 11 is 0. The summed E-state index contributed by atoms with van der Waals surface area (Å²) in [6.07, 6.45) is 1.46. The Kier molecular flexibility index (Phi) is 5.11. The molecule has 0 radical (unpaired) electrons. The molecular weight excluding hydrogens is 224 g/mol. The smallest absolute Gasteiger partial charge is 0.328 e. The normalized spacial score (nSPS) is 14.5. The summed E-state index contributed by atoms with van der Waals surface area (Å²) in [5.74, 6) is 0.0439. The van der Waals surface area contributed by atoms with E-state index in [1.165, 1.54) is 16.8 Å². The van der Waals surface area contributed by atoms with Crippen LogP contribution in [0.3, 0.4) is 0 Å². The Bertz CT molecular complexity index is 451. The lowest BCUT2D eigenvalue weighted by molar-refractivity contribution is 0.0746. The van der Waals surface area contributed by atoms with Crippen molar-refractivity contribution in [2.45, 2.75) is 13.5 Å². The third-order valence-electron chi connectivity index (χ3n) is 2.80. The number of aliphatic hydroxyl groups is 1. The lowest BCUT2D eigenvalue weighted by atomic mass is 9.95. The van der Waals surface area contributed by atoms with E-state index < -0.39 is 11.2 Å². The van der Waals surface area contributed by atoms with E-state index in [9.17, 15) is 14.7 Å². The molecule has 2 unspecified atom stereocenters. The van der Waals surface area contributed by atoms with Crippen LogP contribution in [0.1, 0.15) is 6.92 Å². The molecule has 0 saturated heterocycles. The molecule has 0 fully saturated rings. The van der Waals surface area contributed by atoms with E-state index in [2.05, 4.69) is 4.98 Å². The lowest BCUT2D eigenvalue weighted by Crippen LogP contribution is -2.33. The Hall–Kier alpha value is -1.40. The number of nitrogens with zero attached hydrogens (tertiary/aromatic N) is 1. The number of methoxy groups -OCH3 is 1. The third kappa shape index (κ3) is 3.83. The second kappa shape index (κ2) is 6.36. The van der Waals surface area contributed by atoms with Gasteiger partial charge in [-0.1, -0.05) is 6.92 Å². The van der Waals surface area contributed by atoms with Crippen LogP contribution in [0.15, 0.2) is 21.9 Å². The first-order valence-corrected chi connectivity index (χ1v) is 5.48. The van der Waals surface area contributed by atoms with Crippen LogP contribution >= 0.6 is 0 Å². The van der Waals surface area contributed by atoms with Gasteiger partial charge in [-0.2, -0.15) is 0 Å². The van der Waals surface area contributed by atoms with E-state index in [-0.39, 0.29) is 18.4 Å². The highest BCUT2D eigenvalue weighted by molar-refractivity contribution is 4.83. The fraction of sp³-hybridized carbons (Fsp3) is 0.636. The van der Waals surface area contributed by atoms with E-state index in [0.29, 0.717) is 13.2 Å². The fourth-order valence-electron chi connectivity index (χ4n) is 1.66. The maximum absolute atomic E-state index is 11.5. The van der Waals surface area contributed by atoms with Gasteiger partial charge in [0.05, 0.1) is 6.61 Å². The molecule has 0 aliphatic carbocycles. The molecule has 1 aromatic rings. The van der Waals surface area contributed by atoms with Crippen LogP contribution in [0, 0.1) is 11.8 Å². The fourth-order valence-corrected chi connectivity index (χ4v) is 1.66. The molecule has 2 atom stereocenters. The van der Waals surface area contributed by atoms with E-state index in [1.54, 1.807) is 7.11 Å². The van der Waals surface area contributed by atoms with Gasteiger partial charge >= 0.3 is 5.69 Å². The highest BCUT2D eigenvalue weighted by Gasteiger charge is 2.17. The molecule has 6 heteroatoms. The maximum atomic E-state index is 11.5. The number of aromatic amines is 1. The molecule has 1 heterocycles. The largest absolute Gasteiger partial charge is 0.396 e. The van der Waals surface area contributed by atoms with E-state index in [1.807, 2.05) is 6.92 Å². The molecule has 1 rings (SSSR count). The zero-order valence-electron chi connectivity index (χ0n) is 10.0. The van der Waals surface area contributed by atoms with Gasteiger partial charge in [-0.3, -0.25) is 9.78 Å². The van der Waals surface area contributed by atoms with Crippen molar-refractivity contribution >= 4 is 0 Å². The zero-order valence-corrected chi connectivity index (χ0v) is 10.0. The van der Waals surface area contributed by atoms with Gasteiger partial charge in [0.2, 0.25) is 0 Å². The second-order valence-electron chi connectivity index (χ2n) is 4.14. The van der Waals surface area contributed by atoms with Gasteiger partial charge in [0, 0.05) is 38.4 Å². The van der Waals surface area contributed by atoms with Crippen LogP contribution in [-0.4, -0.2) is 35.0 Å². The summed E-state index contributed by atoms with van der Waals surface area (Å²) < 4.78 is 6.42. The minimum atomic E-state index is -0.432. The summed E-state index contributed by atoms with van der Waals surface area (Å²) in [6, 6.07) is 1.30. The Morgan fingerprint density at radius 2 is 2.24 bits per heavy atom. The van der Waals surface area contributed by atoms with Crippen molar-refractivity contribution in [2.75, 3.05) is 20.3 Å². The minimum Gasteiger partial charge on any atom is -0.396 e.